The Morgan fingerprint density at radius 1 is 0.938 bits per heavy atom. The molecule has 0 fully saturated rings. The Balaban J connectivity index is 3.46. The fraction of sp³-hybridized carbons (Fsp3) is 0.538. The van der Waals surface area contributed by atoms with Gasteiger partial charge in [-0.15, -0.1) is 0 Å². The first-order valence-electron chi connectivity index (χ1n) is 5.54. The van der Waals surface area contributed by atoms with Crippen molar-refractivity contribution in [3.05, 3.63) is 27.8 Å². The molecule has 0 spiro atoms. The quantitative estimate of drug-likeness (QED) is 0.632. The van der Waals surface area contributed by atoms with Crippen LogP contribution in [0.3, 0.4) is 0 Å². The number of nitrogens with two attached hydrogens (primary N) is 1. The van der Waals surface area contributed by atoms with E-state index in [0.717, 1.165) is 16.8 Å². The van der Waals surface area contributed by atoms with Crippen molar-refractivity contribution in [3.63, 3.8) is 0 Å². The molecule has 1 rings (SSSR count). The van der Waals surface area contributed by atoms with Crippen molar-refractivity contribution < 1.29 is 4.57 Å². The predicted octanol–water partition coefficient (Wildman–Crippen LogP) is 3.63. The van der Waals surface area contributed by atoms with Gasteiger partial charge in [-0.05, 0) is 68.8 Å². The topological polar surface area (TPSA) is 43.1 Å². The Hall–Kier alpha value is -0.750. The van der Waals surface area contributed by atoms with Crippen LogP contribution in [-0.4, -0.2) is 13.3 Å². The molecule has 0 heterocycles. The van der Waals surface area contributed by atoms with Crippen LogP contribution in [-0.2, 0) is 10.7 Å². The van der Waals surface area contributed by atoms with E-state index in [1.807, 2.05) is 20.3 Å². The van der Waals surface area contributed by atoms with Gasteiger partial charge < -0.3 is 10.3 Å². The molecule has 3 heteroatoms. The average Bonchev–Trinajstić information content (AvgIpc) is 2.17. The number of hydrogen-bond acceptors (Lipinski definition) is 2. The zero-order valence-electron chi connectivity index (χ0n) is 11.1. The Labute approximate surface area is 98.6 Å². The minimum Gasteiger partial charge on any atom is -0.398 e. The molecule has 2 N–H and O–H groups in total. The van der Waals surface area contributed by atoms with Crippen molar-refractivity contribution in [1.82, 2.24) is 0 Å². The third-order valence-electron chi connectivity index (χ3n) is 3.41. The summed E-state index contributed by atoms with van der Waals surface area (Å²) in [5, 5.41) is 0. The van der Waals surface area contributed by atoms with Gasteiger partial charge in [0.05, 0.1) is 7.14 Å². The summed E-state index contributed by atoms with van der Waals surface area (Å²) in [5.41, 5.74) is 12.9. The zero-order valence-corrected chi connectivity index (χ0v) is 12.0. The lowest BCUT2D eigenvalue weighted by Gasteiger charge is -2.19. The maximum absolute atomic E-state index is 11.9. The van der Waals surface area contributed by atoms with Gasteiger partial charge in [0, 0.05) is 11.8 Å². The minimum absolute atomic E-state index is 0.604. The van der Waals surface area contributed by atoms with E-state index in [1.54, 1.807) is 0 Å². The Bertz CT molecular complexity index is 442. The molecule has 1 aromatic rings. The fourth-order valence-electron chi connectivity index (χ4n) is 2.00. The van der Waals surface area contributed by atoms with Crippen LogP contribution in [0.5, 0.6) is 0 Å². The van der Waals surface area contributed by atoms with Gasteiger partial charge in [-0.1, -0.05) is 0 Å². The lowest BCUT2D eigenvalue weighted by atomic mass is 9.93. The summed E-state index contributed by atoms with van der Waals surface area (Å²) in [6.07, 6.45) is 0.604. The zero-order chi connectivity index (χ0) is 12.7. The SMILES string of the molecule is Cc1c(C)c(C)c(CP(C)(C)=O)c(N)c1C. The number of benzene rings is 1. The first-order chi connectivity index (χ1) is 7.15. The van der Waals surface area contributed by atoms with Gasteiger partial charge in [-0.3, -0.25) is 0 Å². The van der Waals surface area contributed by atoms with E-state index in [9.17, 15) is 4.57 Å². The van der Waals surface area contributed by atoms with Crippen molar-refractivity contribution >= 4 is 12.8 Å². The number of anilines is 1. The second kappa shape index (κ2) is 4.25. The van der Waals surface area contributed by atoms with E-state index in [2.05, 4.69) is 20.8 Å². The second-order valence-electron chi connectivity index (χ2n) is 5.12. The van der Waals surface area contributed by atoms with Gasteiger partial charge in [-0.25, -0.2) is 0 Å². The van der Waals surface area contributed by atoms with Gasteiger partial charge in [0.15, 0.2) is 0 Å². The monoisotopic (exact) mass is 239 g/mol. The molecule has 0 saturated carbocycles. The van der Waals surface area contributed by atoms with Crippen molar-refractivity contribution in [3.8, 4) is 0 Å². The van der Waals surface area contributed by atoms with Crippen LogP contribution in [0.25, 0.3) is 0 Å². The molecule has 16 heavy (non-hydrogen) atoms. The normalized spacial score (nSPS) is 11.9. The molecule has 0 bridgehead atoms. The van der Waals surface area contributed by atoms with Crippen LogP contribution in [0, 0.1) is 27.7 Å². The van der Waals surface area contributed by atoms with Crippen LogP contribution in [0.4, 0.5) is 5.69 Å². The maximum atomic E-state index is 11.9. The number of rotatable bonds is 2. The van der Waals surface area contributed by atoms with E-state index in [4.69, 9.17) is 5.73 Å². The minimum atomic E-state index is -2.08. The molecule has 0 radical (unpaired) electrons. The molecule has 90 valence electrons. The summed E-state index contributed by atoms with van der Waals surface area (Å²) < 4.78 is 11.9. The molecule has 0 amide bonds. The van der Waals surface area contributed by atoms with Crippen LogP contribution in [0.15, 0.2) is 0 Å². The van der Waals surface area contributed by atoms with Gasteiger partial charge in [0.2, 0.25) is 0 Å². The molecule has 0 aliphatic carbocycles. The summed E-state index contributed by atoms with van der Waals surface area (Å²) in [7, 11) is -2.08. The standard InChI is InChI=1S/C13H22NOP/c1-8-9(2)11(4)13(14)12(10(8)3)7-16(5,6)15/h7,14H2,1-6H3. The molecule has 0 unspecified atom stereocenters. The summed E-state index contributed by atoms with van der Waals surface area (Å²) in [6, 6.07) is 0. The lowest BCUT2D eigenvalue weighted by molar-refractivity contribution is 0.582. The van der Waals surface area contributed by atoms with Gasteiger partial charge in [-0.2, -0.15) is 0 Å². The number of nitrogen functional groups attached to an aromatic ring is 1. The van der Waals surface area contributed by atoms with Crippen molar-refractivity contribution in [2.24, 2.45) is 0 Å². The first-order valence-corrected chi connectivity index (χ1v) is 8.32. The van der Waals surface area contributed by atoms with Crippen LogP contribution in [0.2, 0.25) is 0 Å². The third kappa shape index (κ3) is 2.49. The maximum Gasteiger partial charge on any atom is 0.0861 e. The van der Waals surface area contributed by atoms with Gasteiger partial charge in [0.25, 0.3) is 0 Å². The highest BCUT2D eigenvalue weighted by Crippen LogP contribution is 2.44. The second-order valence-corrected chi connectivity index (χ2v) is 8.59. The number of hydrogen-bond donors (Lipinski definition) is 1. The predicted molar refractivity (Wildman–Crippen MR) is 73.0 cm³/mol. The van der Waals surface area contributed by atoms with Crippen LogP contribution < -0.4 is 5.73 Å². The Kier molecular flexibility index (Phi) is 3.54. The molecule has 0 saturated heterocycles. The summed E-state index contributed by atoms with van der Waals surface area (Å²) in [4.78, 5) is 0. The van der Waals surface area contributed by atoms with Crippen LogP contribution in [0.1, 0.15) is 27.8 Å². The fourth-order valence-corrected chi connectivity index (χ4v) is 3.17. The lowest BCUT2D eigenvalue weighted by Crippen LogP contribution is -2.05. The van der Waals surface area contributed by atoms with Crippen LogP contribution >= 0.6 is 7.14 Å². The highest BCUT2D eigenvalue weighted by atomic mass is 31.2. The average molecular weight is 239 g/mol. The molecule has 2 nitrogen and oxygen atoms in total. The van der Waals surface area contributed by atoms with Gasteiger partial charge in [0.1, 0.15) is 0 Å². The Morgan fingerprint density at radius 2 is 1.38 bits per heavy atom. The highest BCUT2D eigenvalue weighted by Gasteiger charge is 2.17. The largest absolute Gasteiger partial charge is 0.398 e. The van der Waals surface area contributed by atoms with E-state index in [-0.39, 0.29) is 0 Å². The van der Waals surface area contributed by atoms with Crippen molar-refractivity contribution in [2.75, 3.05) is 19.1 Å². The van der Waals surface area contributed by atoms with E-state index < -0.39 is 7.14 Å². The molecule has 0 atom stereocenters. The molecular weight excluding hydrogens is 217 g/mol. The summed E-state index contributed by atoms with van der Waals surface area (Å²) >= 11 is 0. The first kappa shape index (κ1) is 13.3. The molecular formula is C13H22NOP. The molecule has 0 aliphatic heterocycles. The smallest absolute Gasteiger partial charge is 0.0861 e. The molecule has 0 aliphatic rings. The molecule has 1 aromatic carbocycles. The third-order valence-corrected chi connectivity index (χ3v) is 4.49. The highest BCUT2D eigenvalue weighted by molar-refractivity contribution is 7.61. The van der Waals surface area contributed by atoms with E-state index in [0.29, 0.717) is 6.16 Å². The summed E-state index contributed by atoms with van der Waals surface area (Å²) in [6.45, 7) is 11.9. The van der Waals surface area contributed by atoms with Crippen molar-refractivity contribution in [1.29, 1.82) is 0 Å². The van der Waals surface area contributed by atoms with E-state index >= 15 is 0 Å². The molecule has 0 aromatic heterocycles. The summed E-state index contributed by atoms with van der Waals surface area (Å²) in [5.74, 6) is 0. The van der Waals surface area contributed by atoms with E-state index in [1.165, 1.54) is 16.7 Å². The van der Waals surface area contributed by atoms with Crippen molar-refractivity contribution in [2.45, 2.75) is 33.9 Å². The Morgan fingerprint density at radius 3 is 1.81 bits per heavy atom. The van der Waals surface area contributed by atoms with Gasteiger partial charge >= 0.3 is 0 Å².